The number of pyridine rings is 1. The van der Waals surface area contributed by atoms with E-state index < -0.39 is 0 Å². The maximum atomic E-state index is 12.4. The van der Waals surface area contributed by atoms with Gasteiger partial charge in [-0.15, -0.1) is 0 Å². The van der Waals surface area contributed by atoms with Crippen LogP contribution in [0.2, 0.25) is 0 Å². The van der Waals surface area contributed by atoms with Crippen LogP contribution in [0, 0.1) is 0 Å². The highest BCUT2D eigenvalue weighted by atomic mass is 16.3. The van der Waals surface area contributed by atoms with Gasteiger partial charge in [-0.05, 0) is 32.0 Å². The number of carbonyl (C=O) groups is 1. The van der Waals surface area contributed by atoms with Gasteiger partial charge in [0.2, 0.25) is 0 Å². The standard InChI is InChI=1S/C15H18N2O3/c1-4-17-8-7-12(10-14(17)18)15(19)16(3)11(2)13-6-5-9-20-13/h5-11H,4H2,1-3H3/t11-/m1/s1. The van der Waals surface area contributed by atoms with Crippen LogP contribution in [0.5, 0.6) is 0 Å². The van der Waals surface area contributed by atoms with Gasteiger partial charge >= 0.3 is 0 Å². The van der Waals surface area contributed by atoms with Crippen LogP contribution < -0.4 is 5.56 Å². The number of nitrogens with zero attached hydrogens (tertiary/aromatic N) is 2. The van der Waals surface area contributed by atoms with Gasteiger partial charge in [0.1, 0.15) is 5.76 Å². The Morgan fingerprint density at radius 3 is 2.75 bits per heavy atom. The van der Waals surface area contributed by atoms with Gasteiger partial charge in [0, 0.05) is 31.4 Å². The zero-order valence-corrected chi connectivity index (χ0v) is 11.9. The van der Waals surface area contributed by atoms with E-state index in [-0.39, 0.29) is 17.5 Å². The van der Waals surface area contributed by atoms with Crippen LogP contribution in [0.25, 0.3) is 0 Å². The minimum atomic E-state index is -0.200. The Bertz CT molecular complexity index is 643. The summed E-state index contributed by atoms with van der Waals surface area (Å²) < 4.78 is 6.85. The summed E-state index contributed by atoms with van der Waals surface area (Å²) in [5, 5.41) is 0. The molecule has 0 aliphatic carbocycles. The molecule has 1 amide bonds. The molecule has 0 aliphatic heterocycles. The van der Waals surface area contributed by atoms with Gasteiger partial charge in [0.05, 0.1) is 12.3 Å². The van der Waals surface area contributed by atoms with Crippen LogP contribution in [0.1, 0.15) is 36.0 Å². The SMILES string of the molecule is CCn1ccc(C(=O)N(C)[C@H](C)c2ccco2)cc1=O. The first-order chi connectivity index (χ1) is 9.54. The minimum absolute atomic E-state index is 0.169. The molecule has 0 saturated heterocycles. The molecular formula is C15H18N2O3. The summed E-state index contributed by atoms with van der Waals surface area (Å²) in [4.78, 5) is 25.7. The van der Waals surface area contributed by atoms with E-state index in [1.807, 2.05) is 19.9 Å². The monoisotopic (exact) mass is 274 g/mol. The molecule has 2 rings (SSSR count). The Labute approximate surface area is 117 Å². The molecule has 0 unspecified atom stereocenters. The summed E-state index contributed by atoms with van der Waals surface area (Å²) in [7, 11) is 1.70. The van der Waals surface area contributed by atoms with E-state index in [2.05, 4.69) is 0 Å². The molecule has 5 heteroatoms. The largest absolute Gasteiger partial charge is 0.467 e. The van der Waals surface area contributed by atoms with Gasteiger partial charge in [-0.2, -0.15) is 0 Å². The van der Waals surface area contributed by atoms with Gasteiger partial charge in [-0.25, -0.2) is 0 Å². The number of carbonyl (C=O) groups excluding carboxylic acids is 1. The van der Waals surface area contributed by atoms with Crippen LogP contribution >= 0.6 is 0 Å². The second-order valence-electron chi connectivity index (χ2n) is 4.65. The molecule has 2 aromatic heterocycles. The zero-order valence-electron chi connectivity index (χ0n) is 11.9. The Kier molecular flexibility index (Phi) is 4.08. The van der Waals surface area contributed by atoms with Crippen molar-refractivity contribution in [2.45, 2.75) is 26.4 Å². The van der Waals surface area contributed by atoms with E-state index in [0.29, 0.717) is 17.9 Å². The lowest BCUT2D eigenvalue weighted by molar-refractivity contribution is 0.0726. The van der Waals surface area contributed by atoms with Crippen LogP contribution in [-0.4, -0.2) is 22.4 Å². The highest BCUT2D eigenvalue weighted by Crippen LogP contribution is 2.20. The summed E-state index contributed by atoms with van der Waals surface area (Å²) in [5.41, 5.74) is 0.220. The highest BCUT2D eigenvalue weighted by Gasteiger charge is 2.21. The van der Waals surface area contributed by atoms with Crippen molar-refractivity contribution in [3.63, 3.8) is 0 Å². The molecule has 0 radical (unpaired) electrons. The number of hydrogen-bond acceptors (Lipinski definition) is 3. The third-order valence-corrected chi connectivity index (χ3v) is 3.44. The lowest BCUT2D eigenvalue weighted by Gasteiger charge is -2.23. The van der Waals surface area contributed by atoms with Crippen molar-refractivity contribution in [2.24, 2.45) is 0 Å². The lowest BCUT2D eigenvalue weighted by Crippen LogP contribution is -2.31. The van der Waals surface area contributed by atoms with E-state index in [9.17, 15) is 9.59 Å². The first kappa shape index (κ1) is 14.1. The Morgan fingerprint density at radius 2 is 2.20 bits per heavy atom. The van der Waals surface area contributed by atoms with E-state index in [1.54, 1.807) is 41.1 Å². The molecule has 106 valence electrons. The number of aromatic nitrogens is 1. The first-order valence-electron chi connectivity index (χ1n) is 6.55. The number of rotatable bonds is 4. The third-order valence-electron chi connectivity index (χ3n) is 3.44. The van der Waals surface area contributed by atoms with E-state index in [4.69, 9.17) is 4.42 Å². The maximum absolute atomic E-state index is 12.4. The maximum Gasteiger partial charge on any atom is 0.254 e. The Hall–Kier alpha value is -2.30. The summed E-state index contributed by atoms with van der Waals surface area (Å²) in [6.45, 7) is 4.35. The summed E-state index contributed by atoms with van der Waals surface area (Å²) >= 11 is 0. The second kappa shape index (κ2) is 5.77. The molecule has 0 aliphatic rings. The summed E-state index contributed by atoms with van der Waals surface area (Å²) in [5.74, 6) is 0.511. The van der Waals surface area contributed by atoms with E-state index in [0.717, 1.165) is 0 Å². The zero-order chi connectivity index (χ0) is 14.7. The average molecular weight is 274 g/mol. The average Bonchev–Trinajstić information content (AvgIpc) is 2.99. The van der Waals surface area contributed by atoms with Crippen molar-refractivity contribution in [1.82, 2.24) is 9.47 Å². The number of amides is 1. The predicted octanol–water partition coefficient (Wildman–Crippen LogP) is 2.29. The summed E-state index contributed by atoms with van der Waals surface area (Å²) in [6, 6.07) is 6.46. The first-order valence-corrected chi connectivity index (χ1v) is 6.55. The molecule has 0 bridgehead atoms. The van der Waals surface area contributed by atoms with Crippen LogP contribution in [0.3, 0.4) is 0 Å². The lowest BCUT2D eigenvalue weighted by atomic mass is 10.2. The quantitative estimate of drug-likeness (QED) is 0.859. The van der Waals surface area contributed by atoms with Crippen molar-refractivity contribution in [2.75, 3.05) is 7.05 Å². The smallest absolute Gasteiger partial charge is 0.254 e. The summed E-state index contributed by atoms with van der Waals surface area (Å²) in [6.07, 6.45) is 3.22. The van der Waals surface area contributed by atoms with Gasteiger partial charge in [0.25, 0.3) is 11.5 Å². The number of aryl methyl sites for hydroxylation is 1. The van der Waals surface area contributed by atoms with Crippen LogP contribution in [-0.2, 0) is 6.54 Å². The Morgan fingerprint density at radius 1 is 1.45 bits per heavy atom. The molecule has 20 heavy (non-hydrogen) atoms. The molecule has 0 spiro atoms. The molecular weight excluding hydrogens is 256 g/mol. The van der Waals surface area contributed by atoms with Gasteiger partial charge in [0.15, 0.2) is 0 Å². The molecule has 5 nitrogen and oxygen atoms in total. The topological polar surface area (TPSA) is 55.5 Å². The van der Waals surface area contributed by atoms with Gasteiger partial charge < -0.3 is 13.9 Å². The molecule has 0 fully saturated rings. The molecule has 2 heterocycles. The fourth-order valence-electron chi connectivity index (χ4n) is 2.00. The van der Waals surface area contributed by atoms with Crippen LogP contribution in [0.15, 0.2) is 45.9 Å². The van der Waals surface area contributed by atoms with Crippen molar-refractivity contribution in [3.05, 3.63) is 58.4 Å². The van der Waals surface area contributed by atoms with Gasteiger partial charge in [-0.3, -0.25) is 9.59 Å². The van der Waals surface area contributed by atoms with Crippen molar-refractivity contribution in [1.29, 1.82) is 0 Å². The molecule has 0 N–H and O–H groups in total. The highest BCUT2D eigenvalue weighted by molar-refractivity contribution is 5.94. The molecule has 1 atom stereocenters. The minimum Gasteiger partial charge on any atom is -0.467 e. The van der Waals surface area contributed by atoms with Crippen molar-refractivity contribution in [3.8, 4) is 0 Å². The fourth-order valence-corrected chi connectivity index (χ4v) is 2.00. The third kappa shape index (κ3) is 2.66. The second-order valence-corrected chi connectivity index (χ2v) is 4.65. The molecule has 2 aromatic rings. The van der Waals surface area contributed by atoms with Crippen LogP contribution in [0.4, 0.5) is 0 Å². The fraction of sp³-hybridized carbons (Fsp3) is 0.333. The predicted molar refractivity (Wildman–Crippen MR) is 75.6 cm³/mol. The Balaban J connectivity index is 2.22. The van der Waals surface area contributed by atoms with Crippen molar-refractivity contribution < 1.29 is 9.21 Å². The molecule has 0 aromatic carbocycles. The van der Waals surface area contributed by atoms with E-state index in [1.165, 1.54) is 6.07 Å². The normalized spacial score (nSPS) is 12.2. The number of furan rings is 1. The number of hydrogen-bond donors (Lipinski definition) is 0. The van der Waals surface area contributed by atoms with Gasteiger partial charge in [-0.1, -0.05) is 0 Å². The van der Waals surface area contributed by atoms with Crippen molar-refractivity contribution >= 4 is 5.91 Å². The molecule has 0 saturated carbocycles. The van der Waals surface area contributed by atoms with E-state index >= 15 is 0 Å².